The van der Waals surface area contributed by atoms with Gasteiger partial charge in [0.15, 0.2) is 29.6 Å². The normalized spacial score (nSPS) is 34.1. The Morgan fingerprint density at radius 1 is 0.732 bits per heavy atom. The molecule has 41 heavy (non-hydrogen) atoms. The molecule has 0 aliphatic carbocycles. The Hall–Kier alpha value is -3.29. The van der Waals surface area contributed by atoms with Crippen LogP contribution in [0.15, 0.2) is 33.5 Å². The average Bonchev–Trinajstić information content (AvgIpc) is 2.94. The topological polar surface area (TPSA) is 269 Å². The van der Waals surface area contributed by atoms with Crippen molar-refractivity contribution in [1.82, 2.24) is 0 Å². The molecule has 4 rings (SSSR count). The Labute approximate surface area is 230 Å². The molecule has 0 saturated carbocycles. The molecule has 0 amide bonds. The molecule has 16 heteroatoms. The summed E-state index contributed by atoms with van der Waals surface area (Å²) in [5.74, 6) is -2.47. The summed E-state index contributed by atoms with van der Waals surface area (Å²) in [5.41, 5.74) is -0.816. The third kappa shape index (κ3) is 6.47. The van der Waals surface area contributed by atoms with Crippen LogP contribution in [0.3, 0.4) is 0 Å². The van der Waals surface area contributed by atoms with Gasteiger partial charge in [-0.15, -0.1) is 0 Å². The number of aliphatic hydroxyl groups is 7. The molecule has 2 aliphatic rings. The largest absolute Gasteiger partial charge is 0.504 e. The second-order valence-corrected chi connectivity index (χ2v) is 9.35. The smallest absolute Gasteiger partial charge is 0.383 e. The molecular formula is C25H30O16. The van der Waals surface area contributed by atoms with Crippen molar-refractivity contribution >= 4 is 12.2 Å². The van der Waals surface area contributed by atoms with Crippen LogP contribution in [0.4, 0.5) is 0 Å². The van der Waals surface area contributed by atoms with E-state index in [1.54, 1.807) is 0 Å². The first kappa shape index (κ1) is 30.7. The molecule has 2 fully saturated rings. The van der Waals surface area contributed by atoms with Crippen molar-refractivity contribution in [2.45, 2.75) is 61.4 Å². The number of phenolic OH excluding ortho intramolecular Hbond substituents is 2. The standard InChI is InChI=1S/C25H30O16/c26-7-14-16(31)18(33)20(35)24(38-14)41-22-19(34)17(32)15(8-27)39-25(22)40-21-13(30)6-10(37-23(21)36)3-1-9-2-4-11(28)12(29)5-9/h1-6,14-20,22,24-35H,7-8H2/b3-1+/t14-,15-,16-,17-,18+,19+,20-,22-,24+,25+/m1/s1. The van der Waals surface area contributed by atoms with E-state index in [9.17, 15) is 55.9 Å². The van der Waals surface area contributed by atoms with Crippen molar-refractivity contribution in [3.05, 3.63) is 46.0 Å². The number of aromatic hydroxyl groups is 3. The number of rotatable bonds is 8. The predicted octanol–water partition coefficient (Wildman–Crippen LogP) is -3.07. The first-order valence-electron chi connectivity index (χ1n) is 12.3. The Morgan fingerprint density at radius 2 is 1.37 bits per heavy atom. The van der Waals surface area contributed by atoms with Crippen molar-refractivity contribution in [3.63, 3.8) is 0 Å². The van der Waals surface area contributed by atoms with Gasteiger partial charge in [0.25, 0.3) is 0 Å². The number of aliphatic hydroxyl groups excluding tert-OH is 7. The number of phenols is 2. The van der Waals surface area contributed by atoms with E-state index >= 15 is 0 Å². The third-order valence-corrected chi connectivity index (χ3v) is 6.55. The van der Waals surface area contributed by atoms with Crippen molar-refractivity contribution in [2.75, 3.05) is 13.2 Å². The minimum atomic E-state index is -1.91. The minimum Gasteiger partial charge on any atom is -0.504 e. The van der Waals surface area contributed by atoms with Gasteiger partial charge in [0, 0.05) is 6.07 Å². The maximum atomic E-state index is 12.7. The fraction of sp³-hybridized carbons (Fsp3) is 0.480. The van der Waals surface area contributed by atoms with Crippen molar-refractivity contribution < 1.29 is 74.4 Å². The molecule has 226 valence electrons. The summed E-state index contributed by atoms with van der Waals surface area (Å²) in [4.78, 5) is 12.7. The van der Waals surface area contributed by atoms with Crippen LogP contribution in [0, 0.1) is 0 Å². The van der Waals surface area contributed by atoms with E-state index in [4.69, 9.17) is 23.4 Å². The monoisotopic (exact) mass is 586 g/mol. The van der Waals surface area contributed by atoms with Crippen molar-refractivity contribution in [3.8, 4) is 23.0 Å². The summed E-state index contributed by atoms with van der Waals surface area (Å²) in [5, 5.41) is 99.8. The highest BCUT2D eigenvalue weighted by atomic mass is 16.8. The summed E-state index contributed by atoms with van der Waals surface area (Å²) < 4.78 is 26.7. The maximum absolute atomic E-state index is 12.7. The van der Waals surface area contributed by atoms with Gasteiger partial charge in [0.2, 0.25) is 12.0 Å². The molecule has 10 N–H and O–H groups in total. The first-order chi connectivity index (χ1) is 19.4. The Kier molecular flexibility index (Phi) is 9.50. The van der Waals surface area contributed by atoms with Crippen LogP contribution < -0.4 is 10.4 Å². The first-order valence-corrected chi connectivity index (χ1v) is 12.3. The third-order valence-electron chi connectivity index (χ3n) is 6.55. The fourth-order valence-corrected chi connectivity index (χ4v) is 4.25. The lowest BCUT2D eigenvalue weighted by Crippen LogP contribution is -2.65. The van der Waals surface area contributed by atoms with Crippen molar-refractivity contribution in [2.24, 2.45) is 0 Å². The molecule has 3 heterocycles. The minimum absolute atomic E-state index is 0.158. The van der Waals surface area contributed by atoms with Gasteiger partial charge < -0.3 is 74.4 Å². The highest BCUT2D eigenvalue weighted by Crippen LogP contribution is 2.33. The quantitative estimate of drug-likeness (QED) is 0.137. The molecule has 2 saturated heterocycles. The van der Waals surface area contributed by atoms with Gasteiger partial charge in [-0.3, -0.25) is 0 Å². The fourth-order valence-electron chi connectivity index (χ4n) is 4.25. The maximum Gasteiger partial charge on any atom is 0.383 e. The SMILES string of the molecule is O=c1oc(/C=C/c2ccc(O)c(O)c2)cc(O)c1O[C@@H]1O[C@H](CO)[C@@H](O)[C@H](O)[C@H]1O[C@@H]1O[C@H](CO)[C@@H](O)[C@H](O)[C@H]1O. The second kappa shape index (κ2) is 12.7. The zero-order chi connectivity index (χ0) is 30.0. The zero-order valence-electron chi connectivity index (χ0n) is 21.1. The second-order valence-electron chi connectivity index (χ2n) is 9.35. The highest BCUT2D eigenvalue weighted by Gasteiger charge is 2.51. The Morgan fingerprint density at radius 3 is 1.98 bits per heavy atom. The average molecular weight is 586 g/mol. The summed E-state index contributed by atoms with van der Waals surface area (Å²) in [6.45, 7) is -1.60. The van der Waals surface area contributed by atoms with E-state index < -0.39 is 91.8 Å². The van der Waals surface area contributed by atoms with E-state index in [-0.39, 0.29) is 17.3 Å². The van der Waals surface area contributed by atoms with E-state index in [2.05, 4.69) is 0 Å². The van der Waals surface area contributed by atoms with Crippen LogP contribution >= 0.6 is 0 Å². The van der Waals surface area contributed by atoms with Crippen LogP contribution in [0.25, 0.3) is 12.2 Å². The Bertz CT molecular complexity index is 1280. The molecule has 1 aromatic carbocycles. The van der Waals surface area contributed by atoms with E-state index in [1.807, 2.05) is 0 Å². The zero-order valence-corrected chi connectivity index (χ0v) is 21.1. The lowest BCUT2D eigenvalue weighted by molar-refractivity contribution is -0.358. The predicted molar refractivity (Wildman–Crippen MR) is 132 cm³/mol. The van der Waals surface area contributed by atoms with Crippen LogP contribution in [0.2, 0.25) is 0 Å². The van der Waals surface area contributed by atoms with Gasteiger partial charge in [-0.05, 0) is 23.8 Å². The molecule has 2 aliphatic heterocycles. The van der Waals surface area contributed by atoms with Gasteiger partial charge in [-0.2, -0.15) is 0 Å². The van der Waals surface area contributed by atoms with Gasteiger partial charge in [-0.25, -0.2) is 4.79 Å². The van der Waals surface area contributed by atoms with Gasteiger partial charge >= 0.3 is 5.63 Å². The number of ether oxygens (including phenoxy) is 4. The lowest BCUT2D eigenvalue weighted by Gasteiger charge is -2.45. The summed E-state index contributed by atoms with van der Waals surface area (Å²) in [6, 6.07) is 4.90. The molecule has 0 unspecified atom stereocenters. The van der Waals surface area contributed by atoms with Gasteiger partial charge in [-0.1, -0.05) is 12.1 Å². The molecule has 10 atom stereocenters. The van der Waals surface area contributed by atoms with Crippen LogP contribution in [0.1, 0.15) is 11.3 Å². The summed E-state index contributed by atoms with van der Waals surface area (Å²) in [7, 11) is 0. The summed E-state index contributed by atoms with van der Waals surface area (Å²) >= 11 is 0. The van der Waals surface area contributed by atoms with Crippen LogP contribution in [-0.2, 0) is 14.2 Å². The number of benzene rings is 1. The van der Waals surface area contributed by atoms with E-state index in [1.165, 1.54) is 30.4 Å². The molecule has 0 radical (unpaired) electrons. The molecule has 0 bridgehead atoms. The molecule has 2 aromatic rings. The molecule has 0 spiro atoms. The van der Waals surface area contributed by atoms with Gasteiger partial charge in [0.1, 0.15) is 48.5 Å². The number of hydrogen-bond acceptors (Lipinski definition) is 16. The van der Waals surface area contributed by atoms with Gasteiger partial charge in [0.05, 0.1) is 13.2 Å². The number of hydrogen-bond donors (Lipinski definition) is 10. The van der Waals surface area contributed by atoms with Crippen LogP contribution in [0.5, 0.6) is 23.0 Å². The van der Waals surface area contributed by atoms with Crippen molar-refractivity contribution in [1.29, 1.82) is 0 Å². The lowest BCUT2D eigenvalue weighted by atomic mass is 9.97. The van der Waals surface area contributed by atoms with E-state index in [0.29, 0.717) is 5.56 Å². The highest BCUT2D eigenvalue weighted by molar-refractivity contribution is 5.69. The van der Waals surface area contributed by atoms with Crippen LogP contribution in [-0.4, -0.2) is 126 Å². The molecule has 1 aromatic heterocycles. The molecule has 16 nitrogen and oxygen atoms in total. The molecular weight excluding hydrogens is 556 g/mol. The summed E-state index contributed by atoms with van der Waals surface area (Å²) in [6.07, 6.45) is -14.8. The van der Waals surface area contributed by atoms with E-state index in [0.717, 1.165) is 6.07 Å². The Balaban J connectivity index is 1.58.